The van der Waals surface area contributed by atoms with Crippen molar-refractivity contribution in [3.05, 3.63) is 24.3 Å². The van der Waals surface area contributed by atoms with Crippen LogP contribution in [0.25, 0.3) is 0 Å². The van der Waals surface area contributed by atoms with Crippen molar-refractivity contribution in [3.63, 3.8) is 0 Å². The molecule has 0 heterocycles. The summed E-state index contributed by atoms with van der Waals surface area (Å²) in [6, 6.07) is 5.31. The molecule has 1 rings (SSSR count). The van der Waals surface area contributed by atoms with Crippen molar-refractivity contribution in [1.82, 2.24) is 5.32 Å². The van der Waals surface area contributed by atoms with E-state index in [1.54, 1.807) is 20.8 Å². The Morgan fingerprint density at radius 3 is 2.25 bits per heavy atom. The third-order valence-corrected chi connectivity index (χ3v) is 3.11. The number of amides is 1. The second-order valence-corrected chi connectivity index (χ2v) is 6.75. The van der Waals surface area contributed by atoms with Gasteiger partial charge >= 0.3 is 6.09 Å². The number of ketones is 1. The molecule has 0 aliphatic carbocycles. The van der Waals surface area contributed by atoms with Crippen LogP contribution in [0.15, 0.2) is 24.3 Å². The summed E-state index contributed by atoms with van der Waals surface area (Å²) in [5, 5.41) is 2.44. The molecule has 1 aromatic rings. The first-order valence-electron chi connectivity index (χ1n) is 7.23. The SMILES string of the molecule is C[C@@H](NC(=O)OC(C)(C)C)C(=O)COc1ccc(N[SH](=O)=O)cc1. The fourth-order valence-electron chi connectivity index (χ4n) is 1.58. The smallest absolute Gasteiger partial charge is 0.408 e. The number of carbonyl (C=O) groups excluding carboxylic acids is 2. The van der Waals surface area contributed by atoms with Gasteiger partial charge in [0, 0.05) is 5.69 Å². The maximum atomic E-state index is 11.9. The van der Waals surface area contributed by atoms with E-state index in [-0.39, 0.29) is 12.4 Å². The Hall–Kier alpha value is -2.29. The molecule has 2 N–H and O–H groups in total. The lowest BCUT2D eigenvalue weighted by molar-refractivity contribution is -0.122. The summed E-state index contributed by atoms with van der Waals surface area (Å²) in [4.78, 5) is 23.5. The van der Waals surface area contributed by atoms with Crippen molar-refractivity contribution in [2.75, 3.05) is 11.3 Å². The maximum absolute atomic E-state index is 11.9. The number of anilines is 1. The number of carbonyl (C=O) groups is 2. The van der Waals surface area contributed by atoms with E-state index in [0.29, 0.717) is 11.4 Å². The number of rotatable bonds is 7. The van der Waals surface area contributed by atoms with Crippen LogP contribution in [0.1, 0.15) is 27.7 Å². The average Bonchev–Trinajstić information content (AvgIpc) is 2.43. The Morgan fingerprint density at radius 2 is 1.75 bits per heavy atom. The molecule has 0 radical (unpaired) electrons. The third kappa shape index (κ3) is 7.82. The first-order chi connectivity index (χ1) is 11.1. The number of hydrogen-bond donors (Lipinski definition) is 3. The van der Waals surface area contributed by atoms with Gasteiger partial charge < -0.3 is 14.8 Å². The van der Waals surface area contributed by atoms with Crippen LogP contribution in [0.2, 0.25) is 0 Å². The molecule has 134 valence electrons. The monoisotopic (exact) mass is 358 g/mol. The van der Waals surface area contributed by atoms with Crippen LogP contribution in [-0.2, 0) is 20.4 Å². The predicted molar refractivity (Wildman–Crippen MR) is 89.7 cm³/mol. The molecule has 1 aromatic carbocycles. The van der Waals surface area contributed by atoms with Gasteiger partial charge in [-0.15, -0.1) is 0 Å². The number of Topliss-reactive ketones (excluding diaryl/α,β-unsaturated/α-hetero) is 1. The molecule has 0 aliphatic heterocycles. The number of nitrogens with one attached hydrogen (secondary N) is 2. The van der Waals surface area contributed by atoms with E-state index in [0.717, 1.165) is 0 Å². The summed E-state index contributed by atoms with van der Waals surface area (Å²) >= 11 is 0. The predicted octanol–water partition coefficient (Wildman–Crippen LogP) is 1.49. The molecule has 0 spiro atoms. The summed E-state index contributed by atoms with van der Waals surface area (Å²) in [7, 11) is -2.73. The molecule has 1 amide bonds. The standard InChI is InChI=1S/C15H22N2O6S/c1-10(16-14(19)23-15(2,3)4)13(18)9-22-12-7-5-11(6-8-12)17-24(20)21/h5-8,10,24H,9H2,1-4H3,(H,16,19)(H,17,20,21)/t10-/m1/s1. The van der Waals surface area contributed by atoms with Gasteiger partial charge in [0.15, 0.2) is 5.78 Å². The number of hydrogen-bond acceptors (Lipinski definition) is 6. The molecule has 0 fully saturated rings. The van der Waals surface area contributed by atoms with E-state index >= 15 is 0 Å². The maximum Gasteiger partial charge on any atom is 0.408 e. The van der Waals surface area contributed by atoms with Gasteiger partial charge in [-0.25, -0.2) is 13.2 Å². The summed E-state index contributed by atoms with van der Waals surface area (Å²) in [5.74, 6) is 0.0743. The molecule has 0 unspecified atom stereocenters. The van der Waals surface area contributed by atoms with Crippen LogP contribution in [-0.4, -0.2) is 38.5 Å². The van der Waals surface area contributed by atoms with Gasteiger partial charge in [0.05, 0.1) is 6.04 Å². The Morgan fingerprint density at radius 1 is 1.17 bits per heavy atom. The van der Waals surface area contributed by atoms with Gasteiger partial charge in [-0.2, -0.15) is 0 Å². The van der Waals surface area contributed by atoms with Gasteiger partial charge in [-0.1, -0.05) is 0 Å². The van der Waals surface area contributed by atoms with Crippen LogP contribution >= 0.6 is 0 Å². The van der Waals surface area contributed by atoms with E-state index in [4.69, 9.17) is 9.47 Å². The van der Waals surface area contributed by atoms with E-state index in [2.05, 4.69) is 10.0 Å². The van der Waals surface area contributed by atoms with E-state index in [1.165, 1.54) is 31.2 Å². The Labute approximate surface area is 142 Å². The number of alkyl carbamates (subject to hydrolysis) is 1. The Bertz CT molecular complexity index is 641. The Kier molecular flexibility index (Phi) is 7.02. The van der Waals surface area contributed by atoms with Crippen LogP contribution in [0.4, 0.5) is 10.5 Å². The average molecular weight is 358 g/mol. The minimum atomic E-state index is -2.73. The lowest BCUT2D eigenvalue weighted by Gasteiger charge is -2.21. The van der Waals surface area contributed by atoms with Gasteiger partial charge in [0.25, 0.3) is 0 Å². The van der Waals surface area contributed by atoms with E-state index < -0.39 is 28.6 Å². The fourth-order valence-corrected chi connectivity index (χ4v) is 1.94. The molecule has 0 bridgehead atoms. The van der Waals surface area contributed by atoms with Crippen molar-refractivity contribution in [2.24, 2.45) is 0 Å². The van der Waals surface area contributed by atoms with Gasteiger partial charge in [-0.05, 0) is 52.0 Å². The lowest BCUT2D eigenvalue weighted by atomic mass is 10.2. The van der Waals surface area contributed by atoms with Crippen LogP contribution in [0.3, 0.4) is 0 Å². The molecule has 9 heteroatoms. The first-order valence-corrected chi connectivity index (χ1v) is 8.41. The van der Waals surface area contributed by atoms with Gasteiger partial charge in [0.1, 0.15) is 18.0 Å². The van der Waals surface area contributed by atoms with Gasteiger partial charge in [0.2, 0.25) is 10.9 Å². The molecular formula is C15H22N2O6S. The molecule has 0 saturated heterocycles. The quantitative estimate of drug-likeness (QED) is 0.637. The highest BCUT2D eigenvalue weighted by Crippen LogP contribution is 2.15. The zero-order valence-electron chi connectivity index (χ0n) is 14.0. The minimum absolute atomic E-state index is 0.237. The first kappa shape index (κ1) is 19.8. The second-order valence-electron chi connectivity index (χ2n) is 6.02. The Balaban J connectivity index is 2.46. The number of thiol groups is 1. The van der Waals surface area contributed by atoms with Crippen molar-refractivity contribution in [3.8, 4) is 5.75 Å². The molecule has 24 heavy (non-hydrogen) atoms. The largest absolute Gasteiger partial charge is 0.486 e. The zero-order chi connectivity index (χ0) is 18.3. The second kappa shape index (κ2) is 8.53. The van der Waals surface area contributed by atoms with Crippen molar-refractivity contribution in [1.29, 1.82) is 0 Å². The normalized spacial score (nSPS) is 12.4. The molecule has 0 saturated carbocycles. The summed E-state index contributed by atoms with van der Waals surface area (Å²) in [5.41, 5.74) is -0.252. The van der Waals surface area contributed by atoms with Crippen molar-refractivity contribution in [2.45, 2.75) is 39.3 Å². The van der Waals surface area contributed by atoms with Crippen LogP contribution < -0.4 is 14.8 Å². The molecule has 0 aliphatic rings. The van der Waals surface area contributed by atoms with E-state index in [1.807, 2.05) is 0 Å². The third-order valence-electron chi connectivity index (χ3n) is 2.67. The van der Waals surface area contributed by atoms with Crippen LogP contribution in [0.5, 0.6) is 5.75 Å². The molecular weight excluding hydrogens is 336 g/mol. The topological polar surface area (TPSA) is 111 Å². The summed E-state index contributed by atoms with van der Waals surface area (Å²) in [6.45, 7) is 6.48. The molecule has 1 atom stereocenters. The molecule has 0 aromatic heterocycles. The van der Waals surface area contributed by atoms with Crippen molar-refractivity contribution < 1.29 is 27.5 Å². The minimum Gasteiger partial charge on any atom is -0.486 e. The summed E-state index contributed by atoms with van der Waals surface area (Å²) < 4.78 is 33.7. The fraction of sp³-hybridized carbons (Fsp3) is 0.467. The number of benzene rings is 1. The summed E-state index contributed by atoms with van der Waals surface area (Å²) in [6.07, 6.45) is -0.675. The van der Waals surface area contributed by atoms with Gasteiger partial charge in [-0.3, -0.25) is 9.52 Å². The van der Waals surface area contributed by atoms with Crippen molar-refractivity contribution >= 4 is 28.5 Å². The highest BCUT2D eigenvalue weighted by molar-refractivity contribution is 7.73. The van der Waals surface area contributed by atoms with Crippen LogP contribution in [0, 0.1) is 0 Å². The highest BCUT2D eigenvalue weighted by atomic mass is 32.2. The zero-order valence-corrected chi connectivity index (χ0v) is 14.9. The highest BCUT2D eigenvalue weighted by Gasteiger charge is 2.21. The lowest BCUT2D eigenvalue weighted by Crippen LogP contribution is -2.43. The molecule has 8 nitrogen and oxygen atoms in total. The number of ether oxygens (including phenoxy) is 2. The van der Waals surface area contributed by atoms with E-state index in [9.17, 15) is 18.0 Å².